The van der Waals surface area contributed by atoms with E-state index in [1.165, 1.54) is 23.8 Å². The van der Waals surface area contributed by atoms with E-state index in [1.54, 1.807) is 18.3 Å². The van der Waals surface area contributed by atoms with Crippen LogP contribution in [0.1, 0.15) is 50.5 Å². The molecule has 2 aromatic rings. The lowest BCUT2D eigenvalue weighted by atomic mass is 9.99. The zero-order valence-electron chi connectivity index (χ0n) is 17.5. The van der Waals surface area contributed by atoms with E-state index in [2.05, 4.69) is 9.71 Å². The van der Waals surface area contributed by atoms with Gasteiger partial charge in [0.15, 0.2) is 0 Å². The molecule has 0 bridgehead atoms. The summed E-state index contributed by atoms with van der Waals surface area (Å²) >= 11 is 5.79. The highest BCUT2D eigenvalue weighted by Crippen LogP contribution is 2.18. The highest BCUT2D eigenvalue weighted by molar-refractivity contribution is 7.89. The summed E-state index contributed by atoms with van der Waals surface area (Å²) in [4.78, 5) is 15.4. The number of rotatable bonds is 14. The number of allylic oxidation sites excluding steroid dienone is 1. The third-order valence-electron chi connectivity index (χ3n) is 4.85. The quantitative estimate of drug-likeness (QED) is 0.303. The van der Waals surface area contributed by atoms with Gasteiger partial charge in [-0.05, 0) is 80.8 Å². The van der Waals surface area contributed by atoms with E-state index in [9.17, 15) is 13.2 Å². The van der Waals surface area contributed by atoms with Crippen LogP contribution in [0.4, 0.5) is 0 Å². The fourth-order valence-electron chi connectivity index (χ4n) is 3.23. The molecule has 0 aliphatic rings. The number of carboxylic acid groups (broad SMARTS) is 1. The molecular weight excluding hydrogens is 436 g/mol. The summed E-state index contributed by atoms with van der Waals surface area (Å²) < 4.78 is 27.0. The van der Waals surface area contributed by atoms with Crippen LogP contribution in [0.25, 0.3) is 0 Å². The van der Waals surface area contributed by atoms with Gasteiger partial charge in [-0.25, -0.2) is 17.9 Å². The van der Waals surface area contributed by atoms with E-state index in [-0.39, 0.29) is 4.90 Å². The average molecular weight is 465 g/mol. The molecule has 1 heterocycles. The Bertz CT molecular complexity index is 945. The Morgan fingerprint density at radius 3 is 2.39 bits per heavy atom. The SMILES string of the molecule is O=C(O)C=C(CCCCCNS(=O)(=O)c1ccc(Cl)cc1)CCCCc1cccnc1. The van der Waals surface area contributed by atoms with E-state index >= 15 is 0 Å². The largest absolute Gasteiger partial charge is 0.478 e. The minimum atomic E-state index is -3.54. The van der Waals surface area contributed by atoms with Gasteiger partial charge in [0, 0.05) is 30.0 Å². The molecule has 1 aromatic carbocycles. The second-order valence-corrected chi connectivity index (χ2v) is 9.57. The molecule has 6 nitrogen and oxygen atoms in total. The minimum absolute atomic E-state index is 0.190. The molecule has 2 rings (SSSR count). The van der Waals surface area contributed by atoms with Crippen molar-refractivity contribution < 1.29 is 18.3 Å². The molecule has 0 saturated carbocycles. The van der Waals surface area contributed by atoms with Gasteiger partial charge in [-0.2, -0.15) is 0 Å². The lowest BCUT2D eigenvalue weighted by molar-refractivity contribution is -0.131. The van der Waals surface area contributed by atoms with Crippen LogP contribution in [-0.2, 0) is 21.2 Å². The third kappa shape index (κ3) is 10.1. The number of aliphatic carboxylic acids is 1. The molecule has 31 heavy (non-hydrogen) atoms. The van der Waals surface area contributed by atoms with E-state index < -0.39 is 16.0 Å². The van der Waals surface area contributed by atoms with Gasteiger partial charge in [0.05, 0.1) is 4.90 Å². The number of hydrogen-bond acceptors (Lipinski definition) is 4. The molecule has 0 unspecified atom stereocenters. The number of halogens is 1. The number of nitrogens with one attached hydrogen (secondary N) is 1. The van der Waals surface area contributed by atoms with Crippen molar-refractivity contribution in [1.29, 1.82) is 0 Å². The van der Waals surface area contributed by atoms with Gasteiger partial charge in [-0.15, -0.1) is 0 Å². The Hall–Kier alpha value is -2.22. The van der Waals surface area contributed by atoms with Gasteiger partial charge in [0.25, 0.3) is 0 Å². The van der Waals surface area contributed by atoms with Crippen LogP contribution in [0, 0.1) is 0 Å². The molecule has 1 aromatic heterocycles. The first-order chi connectivity index (χ1) is 14.9. The van der Waals surface area contributed by atoms with Crippen molar-refractivity contribution in [2.24, 2.45) is 0 Å². The van der Waals surface area contributed by atoms with E-state index in [0.717, 1.165) is 44.1 Å². The van der Waals surface area contributed by atoms with Crippen LogP contribution >= 0.6 is 11.6 Å². The zero-order chi connectivity index (χ0) is 22.5. The van der Waals surface area contributed by atoms with Crippen molar-refractivity contribution in [3.63, 3.8) is 0 Å². The second-order valence-electron chi connectivity index (χ2n) is 7.37. The monoisotopic (exact) mass is 464 g/mol. The smallest absolute Gasteiger partial charge is 0.328 e. The van der Waals surface area contributed by atoms with Crippen LogP contribution in [-0.4, -0.2) is 31.0 Å². The summed E-state index contributed by atoms with van der Waals surface area (Å²) in [6, 6.07) is 10.00. The number of hydrogen-bond donors (Lipinski definition) is 2. The summed E-state index contributed by atoms with van der Waals surface area (Å²) in [5.41, 5.74) is 2.12. The van der Waals surface area contributed by atoms with Crippen molar-refractivity contribution in [3.05, 3.63) is 71.0 Å². The Balaban J connectivity index is 1.66. The van der Waals surface area contributed by atoms with Gasteiger partial charge in [-0.1, -0.05) is 29.7 Å². The molecule has 8 heteroatoms. The average Bonchev–Trinajstić information content (AvgIpc) is 2.74. The maximum absolute atomic E-state index is 12.2. The molecule has 2 N–H and O–H groups in total. The fourth-order valence-corrected chi connectivity index (χ4v) is 4.43. The van der Waals surface area contributed by atoms with Gasteiger partial charge >= 0.3 is 5.97 Å². The number of sulfonamides is 1. The van der Waals surface area contributed by atoms with Crippen molar-refractivity contribution in [2.75, 3.05) is 6.54 Å². The normalized spacial score (nSPS) is 12.1. The number of aryl methyl sites for hydroxylation is 1. The topological polar surface area (TPSA) is 96.4 Å². The first-order valence-electron chi connectivity index (χ1n) is 10.4. The number of pyridine rings is 1. The molecule has 0 aliphatic carbocycles. The highest BCUT2D eigenvalue weighted by Gasteiger charge is 2.12. The summed E-state index contributed by atoms with van der Waals surface area (Å²) in [7, 11) is -3.54. The van der Waals surface area contributed by atoms with Gasteiger partial charge < -0.3 is 5.11 Å². The highest BCUT2D eigenvalue weighted by atomic mass is 35.5. The van der Waals surface area contributed by atoms with Crippen LogP contribution in [0.5, 0.6) is 0 Å². The molecule has 0 fully saturated rings. The lowest BCUT2D eigenvalue weighted by Gasteiger charge is -2.09. The van der Waals surface area contributed by atoms with Crippen LogP contribution in [0.3, 0.4) is 0 Å². The Labute approximate surface area is 189 Å². The van der Waals surface area contributed by atoms with E-state index in [1.807, 2.05) is 18.3 Å². The Morgan fingerprint density at radius 2 is 1.74 bits per heavy atom. The van der Waals surface area contributed by atoms with E-state index in [4.69, 9.17) is 16.7 Å². The Morgan fingerprint density at radius 1 is 1.03 bits per heavy atom. The lowest BCUT2D eigenvalue weighted by Crippen LogP contribution is -2.24. The van der Waals surface area contributed by atoms with Crippen molar-refractivity contribution >= 4 is 27.6 Å². The molecule has 0 saturated heterocycles. The molecule has 0 aliphatic heterocycles. The van der Waals surface area contributed by atoms with Crippen LogP contribution < -0.4 is 4.72 Å². The van der Waals surface area contributed by atoms with Gasteiger partial charge in [-0.3, -0.25) is 4.98 Å². The van der Waals surface area contributed by atoms with Crippen LogP contribution in [0.15, 0.2) is 65.3 Å². The predicted octanol–water partition coefficient (Wildman–Crippen LogP) is 5.00. The number of benzene rings is 1. The van der Waals surface area contributed by atoms with Gasteiger partial charge in [0.2, 0.25) is 10.0 Å². The number of aromatic nitrogens is 1. The van der Waals surface area contributed by atoms with Crippen molar-refractivity contribution in [3.8, 4) is 0 Å². The standard InChI is InChI=1S/C23H29ClN2O4S/c24-21-11-13-22(14-12-21)31(29,30)26-16-5-1-2-7-19(17-23(27)28)8-3-4-9-20-10-6-15-25-18-20/h6,10-15,17-18,26H,1-5,7-9,16H2,(H,27,28). The fraction of sp³-hybridized carbons (Fsp3) is 0.391. The molecule has 168 valence electrons. The summed E-state index contributed by atoms with van der Waals surface area (Å²) in [6.45, 7) is 0.341. The second kappa shape index (κ2) is 13.2. The third-order valence-corrected chi connectivity index (χ3v) is 6.58. The Kier molecular flexibility index (Phi) is 10.7. The number of nitrogens with zero attached hydrogens (tertiary/aromatic N) is 1. The molecule has 0 atom stereocenters. The first kappa shape index (κ1) is 25.0. The van der Waals surface area contributed by atoms with E-state index in [0.29, 0.717) is 24.4 Å². The summed E-state index contributed by atoms with van der Waals surface area (Å²) in [5.74, 6) is -0.919. The predicted molar refractivity (Wildman–Crippen MR) is 123 cm³/mol. The van der Waals surface area contributed by atoms with Crippen molar-refractivity contribution in [2.45, 2.75) is 56.3 Å². The zero-order valence-corrected chi connectivity index (χ0v) is 19.0. The van der Waals surface area contributed by atoms with Crippen molar-refractivity contribution in [1.82, 2.24) is 9.71 Å². The molecular formula is C23H29ClN2O4S. The number of unbranched alkanes of at least 4 members (excludes halogenated alkanes) is 3. The molecule has 0 radical (unpaired) electrons. The first-order valence-corrected chi connectivity index (χ1v) is 12.3. The number of carboxylic acids is 1. The summed E-state index contributed by atoms with van der Waals surface area (Å²) in [5, 5.41) is 9.59. The van der Waals surface area contributed by atoms with Crippen LogP contribution in [0.2, 0.25) is 5.02 Å². The summed E-state index contributed by atoms with van der Waals surface area (Å²) in [6.07, 6.45) is 11.6. The maximum atomic E-state index is 12.2. The number of carbonyl (C=O) groups is 1. The molecule has 0 amide bonds. The van der Waals surface area contributed by atoms with Gasteiger partial charge in [0.1, 0.15) is 0 Å². The minimum Gasteiger partial charge on any atom is -0.478 e. The molecule has 0 spiro atoms. The maximum Gasteiger partial charge on any atom is 0.328 e.